The zero-order chi connectivity index (χ0) is 14.3. The van der Waals surface area contributed by atoms with Gasteiger partial charge in [-0.2, -0.15) is 0 Å². The molecule has 4 fully saturated rings. The summed E-state index contributed by atoms with van der Waals surface area (Å²) in [5, 5.41) is 12.4. The standard InChI is InChI=1S/C19H27NO.ClH/c21-18-4-2-1-3-17(18)12-20-13-19-6-5-14-7-15(10-19)9-16(8-14)11-19;/h1-4,14-16,20-21H,5-13H2;1H. The summed E-state index contributed by atoms with van der Waals surface area (Å²) in [5.41, 5.74) is 1.70. The zero-order valence-corrected chi connectivity index (χ0v) is 14.1. The Bertz CT molecular complexity index is 504. The molecule has 4 bridgehead atoms. The molecule has 1 aromatic rings. The number of nitrogens with two attached hydrogens (primary N) is 1. The average molecular weight is 322 g/mol. The van der Waals surface area contributed by atoms with Gasteiger partial charge in [0.1, 0.15) is 12.3 Å². The molecule has 1 aromatic carbocycles. The molecule has 122 valence electrons. The van der Waals surface area contributed by atoms with Crippen LogP contribution in [0.5, 0.6) is 5.75 Å². The van der Waals surface area contributed by atoms with E-state index in [1.807, 2.05) is 12.1 Å². The first-order chi connectivity index (χ1) is 10.2. The third kappa shape index (κ3) is 3.14. The molecule has 2 unspecified atom stereocenters. The molecule has 4 aliphatic rings. The quantitative estimate of drug-likeness (QED) is 0.809. The predicted molar refractivity (Wildman–Crippen MR) is 83.8 cm³/mol. The van der Waals surface area contributed by atoms with Crippen LogP contribution in [0.15, 0.2) is 24.3 Å². The Morgan fingerprint density at radius 2 is 1.73 bits per heavy atom. The van der Waals surface area contributed by atoms with Gasteiger partial charge in [0.05, 0.1) is 6.54 Å². The van der Waals surface area contributed by atoms with Gasteiger partial charge in [0, 0.05) is 11.0 Å². The fourth-order valence-corrected chi connectivity index (χ4v) is 5.78. The van der Waals surface area contributed by atoms with Crippen LogP contribution in [-0.2, 0) is 6.54 Å². The molecule has 22 heavy (non-hydrogen) atoms. The summed E-state index contributed by atoms with van der Waals surface area (Å²) in [6.45, 7) is 2.19. The van der Waals surface area contributed by atoms with Crippen LogP contribution in [-0.4, -0.2) is 11.7 Å². The van der Waals surface area contributed by atoms with Gasteiger partial charge in [-0.05, 0) is 74.8 Å². The molecule has 0 radical (unpaired) electrons. The third-order valence-electron chi connectivity index (χ3n) is 6.46. The van der Waals surface area contributed by atoms with Gasteiger partial charge in [-0.15, -0.1) is 0 Å². The van der Waals surface area contributed by atoms with E-state index in [4.69, 9.17) is 0 Å². The van der Waals surface area contributed by atoms with Gasteiger partial charge >= 0.3 is 0 Å². The van der Waals surface area contributed by atoms with E-state index in [9.17, 15) is 5.11 Å². The second-order valence-electron chi connectivity index (χ2n) is 8.08. The van der Waals surface area contributed by atoms with Gasteiger partial charge in [-0.1, -0.05) is 12.1 Å². The van der Waals surface area contributed by atoms with Crippen molar-refractivity contribution in [1.29, 1.82) is 0 Å². The second kappa shape index (κ2) is 6.41. The molecule has 3 N–H and O–H groups in total. The predicted octanol–water partition coefficient (Wildman–Crippen LogP) is 0.0661. The van der Waals surface area contributed by atoms with E-state index in [-0.39, 0.29) is 12.4 Å². The van der Waals surface area contributed by atoms with Crippen molar-refractivity contribution in [2.75, 3.05) is 6.54 Å². The van der Waals surface area contributed by atoms with Gasteiger partial charge in [0.2, 0.25) is 0 Å². The molecule has 2 atom stereocenters. The third-order valence-corrected chi connectivity index (χ3v) is 6.46. The van der Waals surface area contributed by atoms with Crippen molar-refractivity contribution in [3.05, 3.63) is 29.8 Å². The largest absolute Gasteiger partial charge is 1.00 e. The smallest absolute Gasteiger partial charge is 0.124 e. The first-order valence-corrected chi connectivity index (χ1v) is 8.81. The Kier molecular flexibility index (Phi) is 4.70. The summed E-state index contributed by atoms with van der Waals surface area (Å²) in [4.78, 5) is 0. The van der Waals surface area contributed by atoms with Gasteiger partial charge < -0.3 is 22.8 Å². The van der Waals surface area contributed by atoms with Crippen molar-refractivity contribution >= 4 is 0 Å². The normalized spacial score (nSPS) is 35.9. The fourth-order valence-electron chi connectivity index (χ4n) is 5.78. The highest BCUT2D eigenvalue weighted by Crippen LogP contribution is 2.56. The number of aromatic hydroxyl groups is 1. The molecule has 0 spiro atoms. The van der Waals surface area contributed by atoms with Gasteiger partial charge in [-0.3, -0.25) is 0 Å². The molecule has 0 aliphatic heterocycles. The zero-order valence-electron chi connectivity index (χ0n) is 13.3. The van der Waals surface area contributed by atoms with Crippen LogP contribution >= 0.6 is 0 Å². The van der Waals surface area contributed by atoms with Crippen LogP contribution in [0.25, 0.3) is 0 Å². The van der Waals surface area contributed by atoms with Crippen LogP contribution in [0.3, 0.4) is 0 Å². The second-order valence-corrected chi connectivity index (χ2v) is 8.08. The molecule has 3 heteroatoms. The molecule has 0 heterocycles. The minimum atomic E-state index is 0. The van der Waals surface area contributed by atoms with Crippen LogP contribution in [0.4, 0.5) is 0 Å². The summed E-state index contributed by atoms with van der Waals surface area (Å²) in [7, 11) is 0. The first kappa shape index (κ1) is 16.1. The van der Waals surface area contributed by atoms with Crippen LogP contribution in [0.1, 0.15) is 50.5 Å². The molecule has 2 nitrogen and oxygen atoms in total. The number of phenols is 1. The maximum absolute atomic E-state index is 9.90. The Morgan fingerprint density at radius 3 is 2.45 bits per heavy atom. The van der Waals surface area contributed by atoms with Gasteiger partial charge in [0.15, 0.2) is 0 Å². The summed E-state index contributed by atoms with van der Waals surface area (Å²) < 4.78 is 0. The van der Waals surface area contributed by atoms with E-state index >= 15 is 0 Å². The highest BCUT2D eigenvalue weighted by atomic mass is 35.5. The highest BCUT2D eigenvalue weighted by Gasteiger charge is 2.48. The topological polar surface area (TPSA) is 36.8 Å². The average Bonchev–Trinajstić information content (AvgIpc) is 2.66. The molecule has 4 saturated carbocycles. The lowest BCUT2D eigenvalue weighted by Crippen LogP contribution is -3.00. The van der Waals surface area contributed by atoms with Crippen molar-refractivity contribution < 1.29 is 22.8 Å². The van der Waals surface area contributed by atoms with E-state index in [1.54, 1.807) is 6.07 Å². The maximum atomic E-state index is 9.90. The fraction of sp³-hybridized carbons (Fsp3) is 0.684. The van der Waals surface area contributed by atoms with Crippen molar-refractivity contribution in [1.82, 2.24) is 0 Å². The van der Waals surface area contributed by atoms with E-state index < -0.39 is 0 Å². The number of fused-ring (bicyclic) bond motifs is 1. The molecule has 0 aromatic heterocycles. The minimum absolute atomic E-state index is 0. The van der Waals surface area contributed by atoms with Crippen molar-refractivity contribution in [3.63, 3.8) is 0 Å². The highest BCUT2D eigenvalue weighted by molar-refractivity contribution is 5.30. The van der Waals surface area contributed by atoms with E-state index in [0.29, 0.717) is 11.2 Å². The summed E-state index contributed by atoms with van der Waals surface area (Å²) >= 11 is 0. The number of hydrogen-bond acceptors (Lipinski definition) is 1. The van der Waals surface area contributed by atoms with E-state index in [0.717, 1.165) is 29.9 Å². The lowest BCUT2D eigenvalue weighted by molar-refractivity contribution is -0.683. The summed E-state index contributed by atoms with van der Waals surface area (Å²) in [5.74, 6) is 3.57. The number of halogens is 1. The monoisotopic (exact) mass is 321 g/mol. The number of rotatable bonds is 4. The maximum Gasteiger partial charge on any atom is 0.124 e. The Hall–Kier alpha value is -0.730. The molecule has 4 aliphatic carbocycles. The molecular weight excluding hydrogens is 294 g/mol. The van der Waals surface area contributed by atoms with Crippen LogP contribution in [0.2, 0.25) is 0 Å². The number of benzene rings is 1. The Morgan fingerprint density at radius 1 is 1.05 bits per heavy atom. The van der Waals surface area contributed by atoms with Gasteiger partial charge in [-0.25, -0.2) is 0 Å². The van der Waals surface area contributed by atoms with Crippen molar-refractivity contribution in [2.24, 2.45) is 23.2 Å². The minimum Gasteiger partial charge on any atom is -1.00 e. The Labute approximate surface area is 140 Å². The van der Waals surface area contributed by atoms with Crippen molar-refractivity contribution in [2.45, 2.75) is 51.5 Å². The Balaban J connectivity index is 0.00000144. The number of quaternary nitrogens is 1. The number of hydrogen-bond donors (Lipinski definition) is 2. The van der Waals surface area contributed by atoms with Crippen LogP contribution < -0.4 is 17.7 Å². The molecule has 0 amide bonds. The number of para-hydroxylation sites is 1. The lowest BCUT2D eigenvalue weighted by Gasteiger charge is -2.44. The molecule has 0 saturated heterocycles. The number of phenolic OH excluding ortho intramolecular Hbond substituents is 1. The van der Waals surface area contributed by atoms with Gasteiger partial charge in [0.25, 0.3) is 0 Å². The molecular formula is C19H28ClNO. The van der Waals surface area contributed by atoms with E-state index in [1.165, 1.54) is 51.5 Å². The molecule has 5 rings (SSSR count). The lowest BCUT2D eigenvalue weighted by atomic mass is 9.61. The first-order valence-electron chi connectivity index (χ1n) is 8.81. The van der Waals surface area contributed by atoms with Crippen LogP contribution in [0, 0.1) is 23.2 Å². The van der Waals surface area contributed by atoms with Crippen molar-refractivity contribution in [3.8, 4) is 5.75 Å². The SMILES string of the molecule is Oc1ccccc1C[NH2+]CC12CCC3CC(CC(C3)C1)C2.[Cl-]. The van der Waals surface area contributed by atoms with E-state index in [2.05, 4.69) is 11.4 Å². The summed E-state index contributed by atoms with van der Waals surface area (Å²) in [6.07, 6.45) is 10.5. The summed E-state index contributed by atoms with van der Waals surface area (Å²) in [6, 6.07) is 7.79.